The lowest BCUT2D eigenvalue weighted by atomic mass is 9.81. The van der Waals surface area contributed by atoms with Crippen molar-refractivity contribution in [3.63, 3.8) is 0 Å². The minimum atomic E-state index is -3.74. The third-order valence-corrected chi connectivity index (χ3v) is 12.3. The minimum Gasteiger partial charge on any atom is -0.341 e. The van der Waals surface area contributed by atoms with Crippen molar-refractivity contribution in [1.29, 1.82) is 0 Å². The zero-order valence-corrected chi connectivity index (χ0v) is 28.3. The summed E-state index contributed by atoms with van der Waals surface area (Å²) in [6.07, 6.45) is 8.15. The summed E-state index contributed by atoms with van der Waals surface area (Å²) in [6, 6.07) is 10.4. The number of benzene rings is 2. The third kappa shape index (κ3) is 6.71. The summed E-state index contributed by atoms with van der Waals surface area (Å²) in [5.74, 6) is -1.07. The van der Waals surface area contributed by atoms with Crippen LogP contribution in [0.2, 0.25) is 5.02 Å². The van der Waals surface area contributed by atoms with E-state index in [1.807, 2.05) is 15.5 Å². The summed E-state index contributed by atoms with van der Waals surface area (Å²) in [6.45, 7) is 7.63. The molecule has 1 N–H and O–H groups in total. The van der Waals surface area contributed by atoms with E-state index in [2.05, 4.69) is 23.5 Å². The van der Waals surface area contributed by atoms with Crippen LogP contribution in [0, 0.1) is 5.82 Å². The molecular weight excluding hydrogens is 627 g/mol. The van der Waals surface area contributed by atoms with Crippen LogP contribution >= 0.6 is 11.6 Å². The number of likely N-dealkylation sites (tertiary alicyclic amines) is 1. The lowest BCUT2D eigenvalue weighted by Gasteiger charge is -2.37. The van der Waals surface area contributed by atoms with Crippen molar-refractivity contribution in [3.8, 4) is 11.3 Å². The van der Waals surface area contributed by atoms with Crippen LogP contribution in [0.3, 0.4) is 0 Å². The van der Waals surface area contributed by atoms with Gasteiger partial charge in [0.2, 0.25) is 15.9 Å². The fourth-order valence-corrected chi connectivity index (χ4v) is 8.96. The summed E-state index contributed by atoms with van der Waals surface area (Å²) in [5, 5.41) is 0.386. The number of amides is 2. The number of sulfonamides is 1. The van der Waals surface area contributed by atoms with E-state index in [9.17, 15) is 18.0 Å². The Balaban J connectivity index is 1.44. The van der Waals surface area contributed by atoms with Gasteiger partial charge in [-0.2, -0.15) is 0 Å². The molecule has 0 unspecified atom stereocenters. The number of halogens is 2. The molecule has 1 saturated heterocycles. The Morgan fingerprint density at radius 2 is 1.65 bits per heavy atom. The number of nitrogens with one attached hydrogen (secondary N) is 1. The number of nitrogens with zero attached hydrogens (tertiary/aromatic N) is 3. The molecule has 3 aliphatic rings. The molecule has 1 aliphatic heterocycles. The molecule has 2 amide bonds. The standard InChI is InChI=1S/C35H44ClFN4O4S/c1-3-39(4-2)26-16-18-40(19-17-26)32(42)22-41-31-21-25(35(43)38-46(44,45)27-12-13-27)10-14-28(31)33(23-8-6-5-7-9-23)34(41)24-11-15-29(36)30(37)20-24/h10-11,14-15,20-21,23,26-27H,3-9,12-13,16-19,22H2,1-2H3,(H,38,43). The van der Waals surface area contributed by atoms with Gasteiger partial charge in [-0.05, 0) is 87.4 Å². The van der Waals surface area contributed by atoms with Gasteiger partial charge in [-0.25, -0.2) is 17.5 Å². The normalized spacial score (nSPS) is 18.4. The molecule has 2 saturated carbocycles. The number of hydrogen-bond acceptors (Lipinski definition) is 5. The third-order valence-electron chi connectivity index (χ3n) is 10.2. The van der Waals surface area contributed by atoms with Crippen LogP contribution in [-0.4, -0.2) is 72.1 Å². The summed E-state index contributed by atoms with van der Waals surface area (Å²) >= 11 is 6.11. The fourth-order valence-electron chi connectivity index (χ4n) is 7.55. The number of fused-ring (bicyclic) bond motifs is 1. The first kappa shape index (κ1) is 33.0. The predicted molar refractivity (Wildman–Crippen MR) is 180 cm³/mol. The monoisotopic (exact) mass is 670 g/mol. The molecule has 2 aliphatic carbocycles. The molecule has 6 rings (SSSR count). The zero-order valence-electron chi connectivity index (χ0n) is 26.7. The van der Waals surface area contributed by atoms with Gasteiger partial charge in [0.05, 0.1) is 21.5 Å². The molecule has 8 nitrogen and oxygen atoms in total. The Kier molecular flexibility index (Phi) is 9.78. The summed E-state index contributed by atoms with van der Waals surface area (Å²) in [4.78, 5) is 31.7. The smallest absolute Gasteiger partial charge is 0.264 e. The Hall–Kier alpha value is -2.95. The molecule has 2 aromatic carbocycles. The maximum Gasteiger partial charge on any atom is 0.264 e. The van der Waals surface area contributed by atoms with Crippen LogP contribution in [0.4, 0.5) is 4.39 Å². The van der Waals surface area contributed by atoms with Gasteiger partial charge in [-0.1, -0.05) is 56.8 Å². The molecule has 0 radical (unpaired) electrons. The first-order chi connectivity index (χ1) is 22.1. The highest BCUT2D eigenvalue weighted by molar-refractivity contribution is 7.91. The quantitative estimate of drug-likeness (QED) is 0.259. The van der Waals surface area contributed by atoms with Gasteiger partial charge in [-0.15, -0.1) is 0 Å². The second-order valence-corrected chi connectivity index (χ2v) is 15.4. The van der Waals surface area contributed by atoms with Crippen LogP contribution in [0.15, 0.2) is 36.4 Å². The topological polar surface area (TPSA) is 91.7 Å². The second kappa shape index (κ2) is 13.6. The van der Waals surface area contributed by atoms with Crippen LogP contribution < -0.4 is 4.72 Å². The Morgan fingerprint density at radius 1 is 0.957 bits per heavy atom. The van der Waals surface area contributed by atoms with Crippen LogP contribution in [0.5, 0.6) is 0 Å². The predicted octanol–water partition coefficient (Wildman–Crippen LogP) is 6.70. The number of carbonyl (C=O) groups is 2. The lowest BCUT2D eigenvalue weighted by molar-refractivity contribution is -0.133. The molecule has 0 atom stereocenters. The van der Waals surface area contributed by atoms with Gasteiger partial charge in [0.15, 0.2) is 0 Å². The van der Waals surface area contributed by atoms with Crippen LogP contribution in [0.1, 0.15) is 93.5 Å². The van der Waals surface area contributed by atoms with E-state index < -0.39 is 27.0 Å². The van der Waals surface area contributed by atoms with Crippen molar-refractivity contribution in [2.24, 2.45) is 0 Å². The van der Waals surface area contributed by atoms with E-state index in [1.54, 1.807) is 24.3 Å². The number of rotatable bonds is 10. The summed E-state index contributed by atoms with van der Waals surface area (Å²) < 4.78 is 44.4. The Morgan fingerprint density at radius 3 is 2.28 bits per heavy atom. The maximum atomic E-state index is 15.0. The highest BCUT2D eigenvalue weighted by Gasteiger charge is 2.37. The average Bonchev–Trinajstić information content (AvgIpc) is 3.88. The molecule has 0 spiro atoms. The maximum absolute atomic E-state index is 15.0. The average molecular weight is 671 g/mol. The molecule has 3 aromatic rings. The molecule has 1 aromatic heterocycles. The van der Waals surface area contributed by atoms with Crippen molar-refractivity contribution in [2.75, 3.05) is 26.2 Å². The summed E-state index contributed by atoms with van der Waals surface area (Å²) in [5.41, 5.74) is 3.28. The van der Waals surface area contributed by atoms with Gasteiger partial charge in [0.25, 0.3) is 5.91 Å². The van der Waals surface area contributed by atoms with Crippen molar-refractivity contribution in [3.05, 3.63) is 58.4 Å². The van der Waals surface area contributed by atoms with E-state index in [0.717, 1.165) is 74.7 Å². The van der Waals surface area contributed by atoms with Crippen molar-refractivity contribution >= 4 is 44.3 Å². The van der Waals surface area contributed by atoms with Gasteiger partial charge in [0.1, 0.15) is 12.4 Å². The van der Waals surface area contributed by atoms with Crippen LogP contribution in [0.25, 0.3) is 22.2 Å². The van der Waals surface area contributed by atoms with Gasteiger partial charge in [0, 0.05) is 35.6 Å². The number of piperidine rings is 1. The first-order valence-electron chi connectivity index (χ1n) is 16.8. The van der Waals surface area contributed by atoms with E-state index in [1.165, 1.54) is 6.07 Å². The Bertz CT molecular complexity index is 1720. The molecule has 0 bridgehead atoms. The van der Waals surface area contributed by atoms with Crippen LogP contribution in [-0.2, 0) is 21.4 Å². The zero-order chi connectivity index (χ0) is 32.6. The molecule has 248 valence electrons. The van der Waals surface area contributed by atoms with E-state index >= 15 is 4.39 Å². The highest BCUT2D eigenvalue weighted by Crippen LogP contribution is 2.45. The molecule has 46 heavy (non-hydrogen) atoms. The molecular formula is C35H44ClFN4O4S. The van der Waals surface area contributed by atoms with E-state index in [4.69, 9.17) is 11.6 Å². The number of carbonyl (C=O) groups excluding carboxylic acids is 2. The summed E-state index contributed by atoms with van der Waals surface area (Å²) in [7, 11) is -3.74. The SMILES string of the molecule is CCN(CC)C1CCN(C(=O)Cn2c(-c3ccc(Cl)c(F)c3)c(C3CCCCC3)c3ccc(C(=O)NS(=O)(=O)C4CC4)cc32)CC1. The fraction of sp³-hybridized carbons (Fsp3) is 0.543. The van der Waals surface area contributed by atoms with Gasteiger partial charge >= 0.3 is 0 Å². The molecule has 11 heteroatoms. The molecule has 2 heterocycles. The lowest BCUT2D eigenvalue weighted by Crippen LogP contribution is -2.47. The first-order valence-corrected chi connectivity index (χ1v) is 18.7. The van der Waals surface area contributed by atoms with E-state index in [0.29, 0.717) is 43.1 Å². The van der Waals surface area contributed by atoms with Gasteiger partial charge in [-0.3, -0.25) is 9.59 Å². The Labute approximate surface area is 276 Å². The second-order valence-electron chi connectivity index (χ2n) is 13.1. The number of hydrogen-bond donors (Lipinski definition) is 1. The van der Waals surface area contributed by atoms with Crippen molar-refractivity contribution in [2.45, 2.75) is 95.4 Å². The minimum absolute atomic E-state index is 0.0180. The molecule has 3 fully saturated rings. The largest absolute Gasteiger partial charge is 0.341 e. The van der Waals surface area contributed by atoms with Gasteiger partial charge < -0.3 is 14.4 Å². The highest BCUT2D eigenvalue weighted by atomic mass is 35.5. The van der Waals surface area contributed by atoms with Crippen molar-refractivity contribution in [1.82, 2.24) is 19.1 Å². The van der Waals surface area contributed by atoms with Crippen molar-refractivity contribution < 1.29 is 22.4 Å². The van der Waals surface area contributed by atoms with E-state index in [-0.39, 0.29) is 29.0 Å². The number of aromatic nitrogens is 1.